The highest BCUT2D eigenvalue weighted by Gasteiger charge is 2.32. The van der Waals surface area contributed by atoms with Crippen molar-refractivity contribution in [1.29, 1.82) is 0 Å². The molecule has 0 aliphatic heterocycles. The van der Waals surface area contributed by atoms with E-state index >= 15 is 0 Å². The number of halogens is 3. The van der Waals surface area contributed by atoms with Gasteiger partial charge in [-0.1, -0.05) is 0 Å². The number of urea groups is 1. The van der Waals surface area contributed by atoms with Crippen molar-refractivity contribution in [3.8, 4) is 17.2 Å². The Hall–Kier alpha value is -3.44. The van der Waals surface area contributed by atoms with Crippen molar-refractivity contribution in [3.05, 3.63) is 30.1 Å². The topological polar surface area (TPSA) is 134 Å². The Balaban J connectivity index is 2.45. The lowest BCUT2D eigenvalue weighted by Gasteiger charge is -2.13. The highest BCUT2D eigenvalue weighted by Crippen LogP contribution is 2.34. The molecule has 0 saturated heterocycles. The number of methoxy groups -OCH3 is 1. The molecule has 1 aromatic heterocycles. The summed E-state index contributed by atoms with van der Waals surface area (Å²) in [5, 5.41) is 6.03. The molecular formula is C13H12F3N5O4. The minimum absolute atomic E-state index is 0.0606. The second-order valence-electron chi connectivity index (χ2n) is 4.57. The Morgan fingerprint density at radius 2 is 1.92 bits per heavy atom. The van der Waals surface area contributed by atoms with Gasteiger partial charge in [-0.25, -0.2) is 9.48 Å². The van der Waals surface area contributed by atoms with Crippen LogP contribution in [0, 0.1) is 0 Å². The van der Waals surface area contributed by atoms with Gasteiger partial charge in [-0.05, 0) is 12.1 Å². The minimum Gasteiger partial charge on any atom is -0.493 e. The maximum absolute atomic E-state index is 12.3. The monoisotopic (exact) mass is 359 g/mol. The lowest BCUT2D eigenvalue weighted by Crippen LogP contribution is -2.22. The molecule has 25 heavy (non-hydrogen) atoms. The zero-order valence-corrected chi connectivity index (χ0v) is 12.6. The van der Waals surface area contributed by atoms with Crippen LogP contribution >= 0.6 is 0 Å². The number of amides is 3. The molecule has 12 heteroatoms. The molecule has 1 heterocycles. The molecule has 0 saturated carbocycles. The third-order valence-corrected chi connectivity index (χ3v) is 2.84. The van der Waals surface area contributed by atoms with Gasteiger partial charge in [-0.2, -0.15) is 5.10 Å². The Labute approximate surface area is 138 Å². The number of nitrogens with zero attached hydrogens (tertiary/aromatic N) is 2. The van der Waals surface area contributed by atoms with Gasteiger partial charge in [-0.3, -0.25) is 4.79 Å². The van der Waals surface area contributed by atoms with E-state index in [1.165, 1.54) is 18.3 Å². The summed E-state index contributed by atoms with van der Waals surface area (Å²) in [6.07, 6.45) is -3.68. The van der Waals surface area contributed by atoms with Crippen LogP contribution in [0.3, 0.4) is 0 Å². The predicted molar refractivity (Wildman–Crippen MR) is 78.5 cm³/mol. The maximum atomic E-state index is 12.3. The molecule has 0 radical (unpaired) electrons. The number of hydrogen-bond acceptors (Lipinski definition) is 5. The van der Waals surface area contributed by atoms with Crippen LogP contribution in [0.1, 0.15) is 10.5 Å². The molecule has 0 aliphatic carbocycles. The molecule has 0 spiro atoms. The second-order valence-corrected chi connectivity index (χ2v) is 4.57. The van der Waals surface area contributed by atoms with E-state index in [1.807, 2.05) is 0 Å². The summed E-state index contributed by atoms with van der Waals surface area (Å²) in [5.41, 5.74) is 10.0. The minimum atomic E-state index is -4.89. The Morgan fingerprint density at radius 3 is 2.44 bits per heavy atom. The number of nitrogens with two attached hydrogens (primary N) is 2. The number of nitrogens with one attached hydrogen (secondary N) is 1. The molecular weight excluding hydrogens is 347 g/mol. The van der Waals surface area contributed by atoms with Crippen LogP contribution in [-0.4, -0.2) is 35.2 Å². The van der Waals surface area contributed by atoms with E-state index in [-0.39, 0.29) is 22.8 Å². The summed E-state index contributed by atoms with van der Waals surface area (Å²) in [7, 11) is 1.15. The van der Waals surface area contributed by atoms with E-state index in [0.717, 1.165) is 17.9 Å². The quantitative estimate of drug-likeness (QED) is 0.741. The molecule has 9 nitrogen and oxygen atoms in total. The first-order valence-corrected chi connectivity index (χ1v) is 6.51. The van der Waals surface area contributed by atoms with Crippen LogP contribution < -0.4 is 26.3 Å². The fourth-order valence-corrected chi connectivity index (χ4v) is 1.92. The van der Waals surface area contributed by atoms with Crippen molar-refractivity contribution in [2.45, 2.75) is 6.36 Å². The van der Waals surface area contributed by atoms with Gasteiger partial charge in [0.15, 0.2) is 17.2 Å². The molecule has 1 aromatic carbocycles. The lowest BCUT2D eigenvalue weighted by atomic mass is 10.3. The van der Waals surface area contributed by atoms with Gasteiger partial charge in [0.25, 0.3) is 5.91 Å². The van der Waals surface area contributed by atoms with E-state index in [2.05, 4.69) is 15.2 Å². The van der Waals surface area contributed by atoms with Crippen molar-refractivity contribution in [3.63, 3.8) is 0 Å². The van der Waals surface area contributed by atoms with Gasteiger partial charge in [0.05, 0.1) is 24.7 Å². The van der Waals surface area contributed by atoms with E-state index in [9.17, 15) is 22.8 Å². The number of hydrogen-bond donors (Lipinski definition) is 3. The van der Waals surface area contributed by atoms with Crippen molar-refractivity contribution in [2.75, 3.05) is 12.4 Å². The van der Waals surface area contributed by atoms with Gasteiger partial charge < -0.3 is 26.3 Å². The average Bonchev–Trinajstić information content (AvgIpc) is 2.89. The van der Waals surface area contributed by atoms with Crippen LogP contribution in [-0.2, 0) is 0 Å². The number of primary amides is 2. The van der Waals surface area contributed by atoms with E-state index in [4.69, 9.17) is 16.2 Å². The summed E-state index contributed by atoms with van der Waals surface area (Å²) in [4.78, 5) is 22.3. The number of benzene rings is 1. The maximum Gasteiger partial charge on any atom is 0.573 e. The van der Waals surface area contributed by atoms with Crippen LogP contribution in [0.15, 0.2) is 24.4 Å². The summed E-state index contributed by atoms with van der Waals surface area (Å²) in [6.45, 7) is 0. The van der Waals surface area contributed by atoms with Gasteiger partial charge >= 0.3 is 12.4 Å². The predicted octanol–water partition coefficient (Wildman–Crippen LogP) is 1.37. The smallest absolute Gasteiger partial charge is 0.493 e. The average molecular weight is 359 g/mol. The Bertz CT molecular complexity index is 818. The van der Waals surface area contributed by atoms with E-state index in [1.54, 1.807) is 0 Å². The standard InChI is InChI=1S/C13H12F3N5O4/c1-24-9-4-6(2-3-8(9)25-13(14,15)16)21-5-7(19-12(18)23)10(20-21)11(17)22/h2-5H,1H3,(H2,17,22)(H3,18,19,23). The molecule has 0 bridgehead atoms. The number of carbonyl (C=O) groups excluding carboxylic acids is 2. The van der Waals surface area contributed by atoms with Crippen molar-refractivity contribution < 1.29 is 32.2 Å². The lowest BCUT2D eigenvalue weighted by molar-refractivity contribution is -0.275. The van der Waals surface area contributed by atoms with Gasteiger partial charge in [-0.15, -0.1) is 13.2 Å². The Kier molecular flexibility index (Phi) is 4.72. The molecule has 0 aliphatic rings. The first-order valence-electron chi connectivity index (χ1n) is 6.51. The third-order valence-electron chi connectivity index (χ3n) is 2.84. The third kappa shape index (κ3) is 4.31. The molecule has 2 aromatic rings. The van der Waals surface area contributed by atoms with Gasteiger partial charge in [0.1, 0.15) is 0 Å². The molecule has 0 atom stereocenters. The largest absolute Gasteiger partial charge is 0.573 e. The summed E-state index contributed by atoms with van der Waals surface area (Å²) < 4.78 is 46.8. The number of anilines is 1. The van der Waals surface area contributed by atoms with Crippen molar-refractivity contribution in [1.82, 2.24) is 9.78 Å². The summed E-state index contributed by atoms with van der Waals surface area (Å²) >= 11 is 0. The fraction of sp³-hybridized carbons (Fsp3) is 0.154. The van der Waals surface area contributed by atoms with E-state index in [0.29, 0.717) is 0 Å². The molecule has 5 N–H and O–H groups in total. The van der Waals surface area contributed by atoms with Crippen LogP contribution in [0.25, 0.3) is 5.69 Å². The van der Waals surface area contributed by atoms with Gasteiger partial charge in [0, 0.05) is 6.07 Å². The number of rotatable bonds is 5. The highest BCUT2D eigenvalue weighted by molar-refractivity contribution is 6.00. The molecule has 3 amide bonds. The highest BCUT2D eigenvalue weighted by atomic mass is 19.4. The van der Waals surface area contributed by atoms with Crippen molar-refractivity contribution >= 4 is 17.6 Å². The molecule has 0 fully saturated rings. The molecule has 134 valence electrons. The van der Waals surface area contributed by atoms with Crippen LogP contribution in [0.2, 0.25) is 0 Å². The zero-order valence-electron chi connectivity index (χ0n) is 12.6. The number of aromatic nitrogens is 2. The number of carbonyl (C=O) groups is 2. The van der Waals surface area contributed by atoms with Crippen molar-refractivity contribution in [2.24, 2.45) is 11.5 Å². The fourth-order valence-electron chi connectivity index (χ4n) is 1.92. The zero-order chi connectivity index (χ0) is 18.8. The SMILES string of the molecule is COc1cc(-n2cc(NC(N)=O)c(C(N)=O)n2)ccc1OC(F)(F)F. The normalized spacial score (nSPS) is 11.0. The first-order chi connectivity index (χ1) is 11.6. The Morgan fingerprint density at radius 1 is 1.24 bits per heavy atom. The van der Waals surface area contributed by atoms with Crippen LogP contribution in [0.4, 0.5) is 23.7 Å². The van der Waals surface area contributed by atoms with Gasteiger partial charge in [0.2, 0.25) is 0 Å². The van der Waals surface area contributed by atoms with E-state index < -0.39 is 24.1 Å². The van der Waals surface area contributed by atoms with Crippen LogP contribution in [0.5, 0.6) is 11.5 Å². The summed E-state index contributed by atoms with van der Waals surface area (Å²) in [5.74, 6) is -1.72. The summed E-state index contributed by atoms with van der Waals surface area (Å²) in [6, 6.07) is 2.48. The number of ether oxygens (including phenoxy) is 2. The second kappa shape index (κ2) is 6.59. The molecule has 2 rings (SSSR count). The molecule has 0 unspecified atom stereocenters. The number of alkyl halides is 3. The first kappa shape index (κ1) is 17.9.